The van der Waals surface area contributed by atoms with E-state index in [0.717, 1.165) is 4.90 Å². The van der Waals surface area contributed by atoms with Crippen LogP contribution in [-0.4, -0.2) is 25.6 Å². The smallest absolute Gasteiger partial charge is 0.241 e. The van der Waals surface area contributed by atoms with E-state index >= 15 is 0 Å². The zero-order valence-electron chi connectivity index (χ0n) is 15.2. The van der Waals surface area contributed by atoms with Gasteiger partial charge in [0.2, 0.25) is 15.9 Å². The molecule has 0 aromatic heterocycles. The van der Waals surface area contributed by atoms with Gasteiger partial charge in [-0.2, -0.15) is 0 Å². The Labute approximate surface area is 159 Å². The van der Waals surface area contributed by atoms with Crippen molar-refractivity contribution in [1.82, 2.24) is 4.72 Å². The molecule has 0 unspecified atom stereocenters. The molecular weight excluding hydrogens is 368 g/mol. The highest BCUT2D eigenvalue weighted by atomic mass is 32.2. The Hall–Kier alpha value is -1.83. The first-order valence-corrected chi connectivity index (χ1v) is 10.7. The highest BCUT2D eigenvalue weighted by Crippen LogP contribution is 2.20. The molecule has 140 valence electrons. The van der Waals surface area contributed by atoms with Gasteiger partial charge in [-0.3, -0.25) is 4.79 Å². The Morgan fingerprint density at radius 2 is 1.73 bits per heavy atom. The van der Waals surface area contributed by atoms with Crippen molar-refractivity contribution in [2.24, 2.45) is 0 Å². The van der Waals surface area contributed by atoms with Crippen LogP contribution >= 0.6 is 11.8 Å². The highest BCUT2D eigenvalue weighted by Gasteiger charge is 2.22. The molecule has 0 radical (unpaired) electrons. The van der Waals surface area contributed by atoms with E-state index in [0.29, 0.717) is 17.9 Å². The largest absolute Gasteiger partial charge is 0.326 e. The lowest BCUT2D eigenvalue weighted by Gasteiger charge is -2.20. The predicted octanol–water partition coefficient (Wildman–Crippen LogP) is 3.88. The Morgan fingerprint density at radius 3 is 2.38 bits per heavy atom. The summed E-state index contributed by atoms with van der Waals surface area (Å²) in [5, 5.41) is 2.76. The van der Waals surface area contributed by atoms with Gasteiger partial charge in [-0.1, -0.05) is 24.3 Å². The van der Waals surface area contributed by atoms with Gasteiger partial charge >= 0.3 is 0 Å². The van der Waals surface area contributed by atoms with Crippen molar-refractivity contribution in [3.05, 3.63) is 54.6 Å². The lowest BCUT2D eigenvalue weighted by molar-refractivity contribution is -0.115. The summed E-state index contributed by atoms with van der Waals surface area (Å²) in [6.45, 7) is 5.34. The number of sulfonamides is 1. The average molecular weight is 393 g/mol. The van der Waals surface area contributed by atoms with Gasteiger partial charge in [0.05, 0.1) is 4.90 Å². The van der Waals surface area contributed by atoms with E-state index in [4.69, 9.17) is 0 Å². The molecule has 0 saturated heterocycles. The van der Waals surface area contributed by atoms with E-state index < -0.39 is 15.6 Å². The molecule has 5 nitrogen and oxygen atoms in total. The molecule has 1 amide bonds. The number of anilines is 1. The Bertz CT molecular complexity index is 845. The molecule has 26 heavy (non-hydrogen) atoms. The number of rotatable bonds is 7. The van der Waals surface area contributed by atoms with Crippen LogP contribution in [0.5, 0.6) is 0 Å². The van der Waals surface area contributed by atoms with Crippen LogP contribution in [0.3, 0.4) is 0 Å². The summed E-state index contributed by atoms with van der Waals surface area (Å²) < 4.78 is 27.4. The van der Waals surface area contributed by atoms with Gasteiger partial charge in [-0.05, 0) is 51.1 Å². The van der Waals surface area contributed by atoms with Crippen LogP contribution in [0.4, 0.5) is 5.69 Å². The number of benzene rings is 2. The van der Waals surface area contributed by atoms with Gasteiger partial charge in [-0.15, -0.1) is 11.8 Å². The fourth-order valence-corrected chi connectivity index (χ4v) is 4.54. The van der Waals surface area contributed by atoms with Gasteiger partial charge in [-0.25, -0.2) is 13.1 Å². The van der Waals surface area contributed by atoms with E-state index in [9.17, 15) is 13.2 Å². The lowest BCUT2D eigenvalue weighted by Crippen LogP contribution is -2.40. The summed E-state index contributed by atoms with van der Waals surface area (Å²) in [7, 11) is -3.63. The average Bonchev–Trinajstić information content (AvgIpc) is 2.54. The van der Waals surface area contributed by atoms with Gasteiger partial charge in [0.1, 0.15) is 0 Å². The second-order valence-electron chi connectivity index (χ2n) is 6.84. The first kappa shape index (κ1) is 20.5. The minimum absolute atomic E-state index is 0.129. The van der Waals surface area contributed by atoms with Crippen LogP contribution < -0.4 is 10.0 Å². The molecular formula is C19H24N2O3S2. The summed E-state index contributed by atoms with van der Waals surface area (Å²) in [6, 6.07) is 16.1. The van der Waals surface area contributed by atoms with E-state index in [1.165, 1.54) is 12.1 Å². The predicted molar refractivity (Wildman–Crippen MR) is 107 cm³/mol. The summed E-state index contributed by atoms with van der Waals surface area (Å²) in [6.07, 6.45) is 0.344. The summed E-state index contributed by atoms with van der Waals surface area (Å²) in [5.41, 5.74) is -0.108. The van der Waals surface area contributed by atoms with Gasteiger partial charge in [0.15, 0.2) is 0 Å². The number of amides is 1. The minimum atomic E-state index is -3.63. The monoisotopic (exact) mass is 392 g/mol. The fourth-order valence-electron chi connectivity index (χ4n) is 2.20. The third-order valence-corrected chi connectivity index (χ3v) is 5.98. The quantitative estimate of drug-likeness (QED) is 0.701. The maximum atomic E-state index is 12.4. The highest BCUT2D eigenvalue weighted by molar-refractivity contribution is 7.99. The van der Waals surface area contributed by atoms with Crippen LogP contribution in [0.1, 0.15) is 27.2 Å². The Kier molecular flexibility index (Phi) is 6.86. The summed E-state index contributed by atoms with van der Waals surface area (Å²) in [5.74, 6) is 0.506. The molecule has 2 aromatic carbocycles. The lowest BCUT2D eigenvalue weighted by atomic mass is 10.1. The van der Waals surface area contributed by atoms with E-state index in [2.05, 4.69) is 10.0 Å². The zero-order valence-corrected chi connectivity index (χ0v) is 16.8. The second-order valence-corrected chi connectivity index (χ2v) is 9.69. The molecule has 0 saturated carbocycles. The first-order chi connectivity index (χ1) is 12.2. The maximum absolute atomic E-state index is 12.4. The topological polar surface area (TPSA) is 75.3 Å². The molecule has 0 spiro atoms. The molecule has 0 fully saturated rings. The van der Waals surface area contributed by atoms with Crippen LogP contribution in [-0.2, 0) is 14.8 Å². The summed E-state index contributed by atoms with van der Waals surface area (Å²) >= 11 is 1.61. The maximum Gasteiger partial charge on any atom is 0.241 e. The van der Waals surface area contributed by atoms with Crippen LogP contribution in [0.2, 0.25) is 0 Å². The molecule has 2 rings (SSSR count). The van der Waals surface area contributed by atoms with E-state index in [-0.39, 0.29) is 10.8 Å². The van der Waals surface area contributed by atoms with Crippen LogP contribution in [0.15, 0.2) is 64.4 Å². The number of carbonyl (C=O) groups excluding carboxylic acids is 1. The van der Waals surface area contributed by atoms with Crippen LogP contribution in [0.25, 0.3) is 0 Å². The molecule has 0 heterocycles. The normalized spacial score (nSPS) is 12.0. The number of hydrogen-bond acceptors (Lipinski definition) is 4. The first-order valence-electron chi connectivity index (χ1n) is 8.27. The van der Waals surface area contributed by atoms with Crippen molar-refractivity contribution >= 4 is 33.4 Å². The van der Waals surface area contributed by atoms with Crippen LogP contribution in [0, 0.1) is 0 Å². The van der Waals surface area contributed by atoms with Gasteiger partial charge < -0.3 is 5.32 Å². The zero-order chi connectivity index (χ0) is 19.2. The second kappa shape index (κ2) is 8.70. The summed E-state index contributed by atoms with van der Waals surface area (Å²) in [4.78, 5) is 13.3. The molecule has 7 heteroatoms. The molecule has 0 aliphatic rings. The number of carbonyl (C=O) groups is 1. The third-order valence-electron chi connectivity index (χ3n) is 3.21. The number of thioether (sulfide) groups is 1. The van der Waals surface area contributed by atoms with Crippen molar-refractivity contribution in [2.75, 3.05) is 11.1 Å². The molecule has 0 aliphatic heterocycles. The van der Waals surface area contributed by atoms with E-state index in [1.54, 1.807) is 44.7 Å². The van der Waals surface area contributed by atoms with Crippen molar-refractivity contribution in [3.8, 4) is 0 Å². The number of hydrogen-bond donors (Lipinski definition) is 2. The molecule has 2 aromatic rings. The van der Waals surface area contributed by atoms with Crippen molar-refractivity contribution in [2.45, 2.75) is 42.5 Å². The van der Waals surface area contributed by atoms with Gasteiger partial charge in [0, 0.05) is 28.3 Å². The third kappa shape index (κ3) is 6.82. The standard InChI is InChI=1S/C19H24N2O3S2/c1-19(2,3)21-26(23,24)17-11-7-8-15(14-17)20-18(22)12-13-25-16-9-5-4-6-10-16/h4-11,14,21H,12-13H2,1-3H3,(H,20,22). The fraction of sp³-hybridized carbons (Fsp3) is 0.316. The SMILES string of the molecule is CC(C)(C)NS(=O)(=O)c1cccc(NC(=O)CCSc2ccccc2)c1. The van der Waals surface area contributed by atoms with Crippen molar-refractivity contribution in [3.63, 3.8) is 0 Å². The Balaban J connectivity index is 1.94. The van der Waals surface area contributed by atoms with E-state index in [1.807, 2.05) is 30.3 Å². The number of nitrogens with one attached hydrogen (secondary N) is 2. The molecule has 0 aliphatic carbocycles. The Morgan fingerprint density at radius 1 is 1.04 bits per heavy atom. The molecule has 2 N–H and O–H groups in total. The molecule has 0 bridgehead atoms. The van der Waals surface area contributed by atoms with Gasteiger partial charge in [0.25, 0.3) is 0 Å². The minimum Gasteiger partial charge on any atom is -0.326 e. The van der Waals surface area contributed by atoms with Crippen molar-refractivity contribution in [1.29, 1.82) is 0 Å². The van der Waals surface area contributed by atoms with Crippen molar-refractivity contribution < 1.29 is 13.2 Å². The molecule has 0 atom stereocenters.